The zero-order valence-corrected chi connectivity index (χ0v) is 8.84. The van der Waals surface area contributed by atoms with Crippen LogP contribution in [0.15, 0.2) is 23.4 Å². The van der Waals surface area contributed by atoms with Gasteiger partial charge in [0.25, 0.3) is 0 Å². The molecule has 2 atom stereocenters. The number of hydrogen-bond donors (Lipinski definition) is 2. The van der Waals surface area contributed by atoms with Crippen LogP contribution in [0.25, 0.3) is 0 Å². The molecule has 4 heteroatoms. The number of rotatable bonds is 1. The highest BCUT2D eigenvalue weighted by Gasteiger charge is 2.35. The average Bonchev–Trinajstić information content (AvgIpc) is 2.45. The SMILES string of the molecule is CC(C)N1C[C@H](O)C2=CC(=O)[C@H](O)C=C21. The molecule has 1 aliphatic carbocycles. The fourth-order valence-electron chi connectivity index (χ4n) is 2.04. The van der Waals surface area contributed by atoms with Crippen molar-refractivity contribution in [3.8, 4) is 0 Å². The molecule has 1 heterocycles. The highest BCUT2D eigenvalue weighted by atomic mass is 16.3. The first-order valence-corrected chi connectivity index (χ1v) is 5.11. The van der Waals surface area contributed by atoms with E-state index in [1.165, 1.54) is 12.2 Å². The summed E-state index contributed by atoms with van der Waals surface area (Å²) in [5.41, 5.74) is 1.43. The zero-order valence-electron chi connectivity index (χ0n) is 8.84. The van der Waals surface area contributed by atoms with E-state index in [1.807, 2.05) is 18.7 Å². The smallest absolute Gasteiger partial charge is 0.188 e. The second-order valence-electron chi connectivity index (χ2n) is 4.26. The molecule has 2 N–H and O–H groups in total. The number of carbonyl (C=O) groups is 1. The van der Waals surface area contributed by atoms with Crippen molar-refractivity contribution >= 4 is 5.78 Å². The number of likely N-dealkylation sites (tertiary alicyclic amines) is 1. The highest BCUT2D eigenvalue weighted by molar-refractivity contribution is 5.98. The second kappa shape index (κ2) is 3.47. The van der Waals surface area contributed by atoms with Crippen molar-refractivity contribution in [2.24, 2.45) is 0 Å². The molecule has 15 heavy (non-hydrogen) atoms. The molecule has 2 aliphatic rings. The maximum atomic E-state index is 11.3. The lowest BCUT2D eigenvalue weighted by atomic mass is 9.99. The maximum Gasteiger partial charge on any atom is 0.188 e. The first-order valence-electron chi connectivity index (χ1n) is 5.11. The number of fused-ring (bicyclic) bond motifs is 1. The molecule has 1 saturated heterocycles. The lowest BCUT2D eigenvalue weighted by molar-refractivity contribution is -0.120. The third-order valence-corrected chi connectivity index (χ3v) is 2.86. The molecule has 1 fully saturated rings. The lowest BCUT2D eigenvalue weighted by Crippen LogP contribution is -2.30. The fourth-order valence-corrected chi connectivity index (χ4v) is 2.04. The van der Waals surface area contributed by atoms with Crippen LogP contribution in [-0.4, -0.2) is 45.7 Å². The Kier molecular flexibility index (Phi) is 2.40. The summed E-state index contributed by atoms with van der Waals surface area (Å²) < 4.78 is 0. The molecule has 4 nitrogen and oxygen atoms in total. The van der Waals surface area contributed by atoms with E-state index in [9.17, 15) is 15.0 Å². The topological polar surface area (TPSA) is 60.8 Å². The van der Waals surface area contributed by atoms with Gasteiger partial charge in [0.15, 0.2) is 5.78 Å². The van der Waals surface area contributed by atoms with Gasteiger partial charge in [-0.05, 0) is 26.0 Å². The van der Waals surface area contributed by atoms with Crippen LogP contribution in [0.2, 0.25) is 0 Å². The second-order valence-corrected chi connectivity index (χ2v) is 4.26. The molecule has 0 aromatic heterocycles. The zero-order chi connectivity index (χ0) is 11.2. The predicted octanol–water partition coefficient (Wildman–Crippen LogP) is -0.175. The van der Waals surface area contributed by atoms with Crippen molar-refractivity contribution in [3.05, 3.63) is 23.4 Å². The molecule has 0 aromatic carbocycles. The van der Waals surface area contributed by atoms with Crippen LogP contribution in [0.5, 0.6) is 0 Å². The van der Waals surface area contributed by atoms with Crippen molar-refractivity contribution in [1.82, 2.24) is 4.90 Å². The summed E-state index contributed by atoms with van der Waals surface area (Å²) in [7, 11) is 0. The lowest BCUT2D eigenvalue weighted by Gasteiger charge is -2.26. The van der Waals surface area contributed by atoms with Gasteiger partial charge in [0.1, 0.15) is 6.10 Å². The van der Waals surface area contributed by atoms with Gasteiger partial charge in [-0.2, -0.15) is 0 Å². The van der Waals surface area contributed by atoms with E-state index in [0.29, 0.717) is 12.1 Å². The Hall–Kier alpha value is -1.13. The molecule has 0 radical (unpaired) electrons. The molecular weight excluding hydrogens is 194 g/mol. The first-order chi connectivity index (χ1) is 7.00. The Morgan fingerprint density at radius 1 is 1.47 bits per heavy atom. The van der Waals surface area contributed by atoms with Gasteiger partial charge in [-0.1, -0.05) is 0 Å². The third kappa shape index (κ3) is 1.60. The van der Waals surface area contributed by atoms with E-state index in [-0.39, 0.29) is 11.8 Å². The number of carbonyl (C=O) groups excluding carboxylic acids is 1. The maximum absolute atomic E-state index is 11.3. The van der Waals surface area contributed by atoms with Crippen LogP contribution in [0, 0.1) is 0 Å². The predicted molar refractivity (Wildman–Crippen MR) is 55.0 cm³/mol. The average molecular weight is 209 g/mol. The largest absolute Gasteiger partial charge is 0.386 e. The first kappa shape index (κ1) is 10.4. The number of β-amino-alcohol motifs (C(OH)–C–C–N with tert-alkyl or cyclic N) is 1. The minimum Gasteiger partial charge on any atom is -0.386 e. The minimum absolute atomic E-state index is 0.247. The summed E-state index contributed by atoms with van der Waals surface area (Å²) in [6, 6.07) is 0.247. The highest BCUT2D eigenvalue weighted by Crippen LogP contribution is 2.32. The third-order valence-electron chi connectivity index (χ3n) is 2.86. The molecule has 2 rings (SSSR count). The van der Waals surface area contributed by atoms with Crippen LogP contribution >= 0.6 is 0 Å². The molecule has 0 saturated carbocycles. The number of aliphatic hydroxyl groups is 2. The number of hydrogen-bond acceptors (Lipinski definition) is 4. The summed E-state index contributed by atoms with van der Waals surface area (Å²) in [5.74, 6) is -0.349. The van der Waals surface area contributed by atoms with Crippen LogP contribution in [-0.2, 0) is 4.79 Å². The van der Waals surface area contributed by atoms with Crippen LogP contribution < -0.4 is 0 Å². The molecule has 0 spiro atoms. The monoisotopic (exact) mass is 209 g/mol. The van der Waals surface area contributed by atoms with Gasteiger partial charge in [0.2, 0.25) is 0 Å². The van der Waals surface area contributed by atoms with Crippen molar-refractivity contribution < 1.29 is 15.0 Å². The van der Waals surface area contributed by atoms with Crippen molar-refractivity contribution in [1.29, 1.82) is 0 Å². The summed E-state index contributed by atoms with van der Waals surface area (Å²) in [4.78, 5) is 13.3. The van der Waals surface area contributed by atoms with E-state index in [2.05, 4.69) is 0 Å². The molecule has 82 valence electrons. The molecular formula is C11H15NO3. The summed E-state index contributed by atoms with van der Waals surface area (Å²) >= 11 is 0. The molecule has 0 amide bonds. The Bertz CT molecular complexity index is 357. The van der Waals surface area contributed by atoms with Gasteiger partial charge in [-0.25, -0.2) is 0 Å². The van der Waals surface area contributed by atoms with Gasteiger partial charge < -0.3 is 15.1 Å². The van der Waals surface area contributed by atoms with Crippen LogP contribution in [0.4, 0.5) is 0 Å². The Morgan fingerprint density at radius 3 is 2.73 bits per heavy atom. The molecule has 0 aromatic rings. The number of aliphatic hydroxyl groups excluding tert-OH is 2. The van der Waals surface area contributed by atoms with Gasteiger partial charge in [0, 0.05) is 23.9 Å². The van der Waals surface area contributed by atoms with Gasteiger partial charge in [0.05, 0.1) is 6.10 Å². The minimum atomic E-state index is -1.06. The molecule has 1 aliphatic heterocycles. The van der Waals surface area contributed by atoms with Crippen molar-refractivity contribution in [2.75, 3.05) is 6.54 Å². The molecule has 0 unspecified atom stereocenters. The summed E-state index contributed by atoms with van der Waals surface area (Å²) in [5, 5.41) is 19.2. The summed E-state index contributed by atoms with van der Waals surface area (Å²) in [6.45, 7) is 4.52. The van der Waals surface area contributed by atoms with E-state index < -0.39 is 12.2 Å². The fraction of sp³-hybridized carbons (Fsp3) is 0.545. The Morgan fingerprint density at radius 2 is 2.13 bits per heavy atom. The van der Waals surface area contributed by atoms with Gasteiger partial charge in [-0.15, -0.1) is 0 Å². The van der Waals surface area contributed by atoms with Crippen LogP contribution in [0.1, 0.15) is 13.8 Å². The van der Waals surface area contributed by atoms with Crippen molar-refractivity contribution in [3.63, 3.8) is 0 Å². The van der Waals surface area contributed by atoms with Crippen molar-refractivity contribution in [2.45, 2.75) is 32.1 Å². The van der Waals surface area contributed by atoms with Gasteiger partial charge >= 0.3 is 0 Å². The van der Waals surface area contributed by atoms with E-state index in [0.717, 1.165) is 5.70 Å². The Labute approximate surface area is 88.5 Å². The summed E-state index contributed by atoms with van der Waals surface area (Å²) in [6.07, 6.45) is 1.20. The number of ketones is 1. The van der Waals surface area contributed by atoms with E-state index >= 15 is 0 Å². The van der Waals surface area contributed by atoms with Crippen LogP contribution in [0.3, 0.4) is 0 Å². The normalized spacial score (nSPS) is 30.5. The van der Waals surface area contributed by atoms with E-state index in [4.69, 9.17) is 0 Å². The quantitative estimate of drug-likeness (QED) is 0.629. The Balaban J connectivity index is 2.38. The number of nitrogens with zero attached hydrogens (tertiary/aromatic N) is 1. The molecule has 0 bridgehead atoms. The van der Waals surface area contributed by atoms with Gasteiger partial charge in [-0.3, -0.25) is 4.79 Å². The standard InChI is InChI=1S/C11H15NO3/c1-6(2)12-5-11(15)7-3-9(13)10(14)4-8(7)12/h3-4,6,10-11,14-15H,5H2,1-2H3/t10-,11+/m1/s1. The van der Waals surface area contributed by atoms with E-state index in [1.54, 1.807) is 0 Å².